The minimum absolute atomic E-state index is 0.0771. The Hall–Kier alpha value is -1.93. The predicted octanol–water partition coefficient (Wildman–Crippen LogP) is 3.28. The Morgan fingerprint density at radius 1 is 1.35 bits per heavy atom. The van der Waals surface area contributed by atoms with E-state index in [1.165, 1.54) is 10.4 Å². The number of thiophene rings is 1. The number of hydrogen-bond acceptors (Lipinski definition) is 6. The fourth-order valence-electron chi connectivity index (χ4n) is 4.14. The Bertz CT molecular complexity index is 840. The highest BCUT2D eigenvalue weighted by atomic mass is 32.1. The largest absolute Gasteiger partial charge is 0.491 e. The molecule has 2 aromatic rings. The minimum atomic E-state index is -0.602. The second-order valence-corrected chi connectivity index (χ2v) is 9.07. The molecule has 1 aromatic carbocycles. The first kappa shape index (κ1) is 23.7. The number of benzene rings is 1. The van der Waals surface area contributed by atoms with Crippen molar-refractivity contribution in [2.75, 3.05) is 46.5 Å². The highest BCUT2D eigenvalue weighted by molar-refractivity contribution is 7.10. The molecule has 2 atom stereocenters. The van der Waals surface area contributed by atoms with Crippen LogP contribution in [0.3, 0.4) is 0 Å². The molecule has 0 unspecified atom stereocenters. The SMILES string of the molecule is CCCN(CC(=O)N1CCc2sccc2[C@H]1COc1ccccc1C)C[C@H](O)COC. The summed E-state index contributed by atoms with van der Waals surface area (Å²) >= 11 is 1.75. The monoisotopic (exact) mass is 446 g/mol. The van der Waals surface area contributed by atoms with Crippen molar-refractivity contribution in [2.24, 2.45) is 0 Å². The van der Waals surface area contributed by atoms with Crippen molar-refractivity contribution in [2.45, 2.75) is 38.8 Å². The molecule has 1 aromatic heterocycles. The first-order chi connectivity index (χ1) is 15.0. The molecule has 0 aliphatic carbocycles. The van der Waals surface area contributed by atoms with Crippen LogP contribution in [0, 0.1) is 6.92 Å². The molecule has 7 heteroatoms. The number of carbonyl (C=O) groups is 1. The maximum absolute atomic E-state index is 13.4. The van der Waals surface area contributed by atoms with Crippen LogP contribution < -0.4 is 4.74 Å². The number of para-hydroxylation sites is 1. The molecule has 1 aliphatic rings. The van der Waals surface area contributed by atoms with Crippen LogP contribution in [0.2, 0.25) is 0 Å². The van der Waals surface area contributed by atoms with Gasteiger partial charge in [-0.3, -0.25) is 9.69 Å². The van der Waals surface area contributed by atoms with E-state index in [-0.39, 0.29) is 25.1 Å². The third-order valence-electron chi connectivity index (χ3n) is 5.63. The van der Waals surface area contributed by atoms with Crippen LogP contribution in [0.1, 0.15) is 35.4 Å². The van der Waals surface area contributed by atoms with Crippen LogP contribution in [0.5, 0.6) is 5.75 Å². The van der Waals surface area contributed by atoms with Crippen LogP contribution in [0.4, 0.5) is 0 Å². The first-order valence-electron chi connectivity index (χ1n) is 11.0. The van der Waals surface area contributed by atoms with Gasteiger partial charge in [-0.2, -0.15) is 0 Å². The summed E-state index contributed by atoms with van der Waals surface area (Å²) in [7, 11) is 1.57. The number of methoxy groups -OCH3 is 1. The third kappa shape index (κ3) is 6.29. The summed E-state index contributed by atoms with van der Waals surface area (Å²) in [6.07, 6.45) is 1.19. The Kier molecular flexibility index (Phi) is 8.90. The molecule has 3 rings (SSSR count). The zero-order valence-corrected chi connectivity index (χ0v) is 19.6. The molecule has 0 saturated heterocycles. The van der Waals surface area contributed by atoms with Gasteiger partial charge in [0.05, 0.1) is 25.3 Å². The standard InChI is InChI=1S/C24H34N2O4S/c1-4-11-25(14-19(27)16-29-3)15-24(28)26-12-9-23-20(10-13-31-23)21(26)17-30-22-8-6-5-7-18(22)2/h5-8,10,13,19,21,27H,4,9,11-12,14-17H2,1-3H3/t19-,21+/m0/s1. The van der Waals surface area contributed by atoms with Gasteiger partial charge in [-0.25, -0.2) is 0 Å². The highest BCUT2D eigenvalue weighted by Gasteiger charge is 2.33. The molecule has 6 nitrogen and oxygen atoms in total. The summed E-state index contributed by atoms with van der Waals surface area (Å²) in [6, 6.07) is 9.99. The van der Waals surface area contributed by atoms with Gasteiger partial charge in [0.2, 0.25) is 5.91 Å². The van der Waals surface area contributed by atoms with Crippen molar-refractivity contribution in [3.8, 4) is 5.75 Å². The lowest BCUT2D eigenvalue weighted by atomic mass is 10.00. The number of carbonyl (C=O) groups excluding carboxylic acids is 1. The summed E-state index contributed by atoms with van der Waals surface area (Å²) in [4.78, 5) is 18.7. The van der Waals surface area contributed by atoms with Gasteiger partial charge >= 0.3 is 0 Å². The molecule has 1 N–H and O–H groups in total. The lowest BCUT2D eigenvalue weighted by Gasteiger charge is -2.37. The number of hydrogen-bond donors (Lipinski definition) is 1. The van der Waals surface area contributed by atoms with Crippen LogP contribution in [0.15, 0.2) is 35.7 Å². The van der Waals surface area contributed by atoms with Crippen molar-refractivity contribution in [3.05, 3.63) is 51.7 Å². The van der Waals surface area contributed by atoms with Gasteiger partial charge < -0.3 is 19.5 Å². The third-order valence-corrected chi connectivity index (χ3v) is 6.63. The van der Waals surface area contributed by atoms with E-state index in [0.717, 1.165) is 30.7 Å². The zero-order chi connectivity index (χ0) is 22.2. The van der Waals surface area contributed by atoms with Crippen molar-refractivity contribution >= 4 is 17.2 Å². The van der Waals surface area contributed by atoms with Crippen molar-refractivity contribution in [3.63, 3.8) is 0 Å². The molecular formula is C24H34N2O4S. The zero-order valence-electron chi connectivity index (χ0n) is 18.8. The maximum Gasteiger partial charge on any atom is 0.237 e. The van der Waals surface area contributed by atoms with E-state index in [4.69, 9.17) is 9.47 Å². The van der Waals surface area contributed by atoms with Crippen molar-refractivity contribution in [1.82, 2.24) is 9.80 Å². The molecule has 1 amide bonds. The van der Waals surface area contributed by atoms with Gasteiger partial charge in [-0.05, 0) is 54.9 Å². The molecule has 0 saturated carbocycles. The lowest BCUT2D eigenvalue weighted by molar-refractivity contribution is -0.136. The minimum Gasteiger partial charge on any atom is -0.491 e. The second kappa shape index (κ2) is 11.6. The lowest BCUT2D eigenvalue weighted by Crippen LogP contribution is -2.48. The number of aryl methyl sites for hydroxylation is 1. The fraction of sp³-hybridized carbons (Fsp3) is 0.542. The van der Waals surface area contributed by atoms with Gasteiger partial charge in [0.25, 0.3) is 0 Å². The van der Waals surface area contributed by atoms with E-state index in [9.17, 15) is 9.90 Å². The van der Waals surface area contributed by atoms with E-state index in [0.29, 0.717) is 19.7 Å². The second-order valence-electron chi connectivity index (χ2n) is 8.07. The number of nitrogens with zero attached hydrogens (tertiary/aromatic N) is 2. The average molecular weight is 447 g/mol. The summed E-state index contributed by atoms with van der Waals surface area (Å²) < 4.78 is 11.2. The smallest absolute Gasteiger partial charge is 0.237 e. The summed E-state index contributed by atoms with van der Waals surface area (Å²) in [6.45, 7) is 6.97. The Morgan fingerprint density at radius 2 is 2.16 bits per heavy atom. The number of amides is 1. The number of ether oxygens (including phenoxy) is 2. The van der Waals surface area contributed by atoms with Crippen LogP contribution >= 0.6 is 11.3 Å². The first-order valence-corrected chi connectivity index (χ1v) is 11.8. The highest BCUT2D eigenvalue weighted by Crippen LogP contribution is 2.34. The predicted molar refractivity (Wildman–Crippen MR) is 124 cm³/mol. The Labute approximate surface area is 189 Å². The van der Waals surface area contributed by atoms with E-state index in [1.54, 1.807) is 18.4 Å². The van der Waals surface area contributed by atoms with Gasteiger partial charge in [-0.1, -0.05) is 25.1 Å². The number of rotatable bonds is 11. The van der Waals surface area contributed by atoms with Gasteiger partial charge in [0.15, 0.2) is 0 Å². The molecule has 170 valence electrons. The molecule has 0 radical (unpaired) electrons. The summed E-state index contributed by atoms with van der Waals surface area (Å²) in [5.41, 5.74) is 2.28. The van der Waals surface area contributed by atoms with Crippen molar-refractivity contribution in [1.29, 1.82) is 0 Å². The van der Waals surface area contributed by atoms with Gasteiger partial charge in [0, 0.05) is 25.1 Å². The van der Waals surface area contributed by atoms with E-state index in [2.05, 4.69) is 18.4 Å². The van der Waals surface area contributed by atoms with Crippen molar-refractivity contribution < 1.29 is 19.4 Å². The van der Waals surface area contributed by atoms with E-state index >= 15 is 0 Å². The molecule has 0 fully saturated rings. The van der Waals surface area contributed by atoms with Gasteiger partial charge in [-0.15, -0.1) is 11.3 Å². The normalized spacial score (nSPS) is 16.9. The molecule has 0 spiro atoms. The topological polar surface area (TPSA) is 62.2 Å². The number of fused-ring (bicyclic) bond motifs is 1. The van der Waals surface area contributed by atoms with Crippen LogP contribution in [-0.4, -0.2) is 73.4 Å². The number of aliphatic hydroxyl groups excluding tert-OH is 1. The fourth-order valence-corrected chi connectivity index (χ4v) is 5.07. The average Bonchev–Trinajstić information content (AvgIpc) is 3.22. The molecular weight excluding hydrogens is 412 g/mol. The summed E-state index contributed by atoms with van der Waals surface area (Å²) in [5, 5.41) is 12.3. The van der Waals surface area contributed by atoms with E-state index < -0.39 is 6.10 Å². The van der Waals surface area contributed by atoms with Crippen LogP contribution in [0.25, 0.3) is 0 Å². The maximum atomic E-state index is 13.4. The van der Waals surface area contributed by atoms with E-state index in [1.807, 2.05) is 41.0 Å². The molecule has 2 heterocycles. The van der Waals surface area contributed by atoms with Gasteiger partial charge in [0.1, 0.15) is 12.4 Å². The Morgan fingerprint density at radius 3 is 2.90 bits per heavy atom. The Balaban J connectivity index is 1.72. The quantitative estimate of drug-likeness (QED) is 0.574. The molecule has 31 heavy (non-hydrogen) atoms. The molecule has 1 aliphatic heterocycles. The number of aliphatic hydroxyl groups is 1. The summed E-state index contributed by atoms with van der Waals surface area (Å²) in [5.74, 6) is 0.931. The van der Waals surface area contributed by atoms with Crippen LogP contribution in [-0.2, 0) is 16.0 Å². The molecule has 0 bridgehead atoms.